The number of fused-ring (bicyclic) bond motifs is 1. The molecule has 0 amide bonds. The molecule has 152 valence electrons. The minimum absolute atomic E-state index is 0.295. The number of methoxy groups -OCH3 is 1. The van der Waals surface area contributed by atoms with Crippen LogP contribution in [0.1, 0.15) is 27.2 Å². The van der Waals surface area contributed by atoms with Gasteiger partial charge in [-0.1, -0.05) is 47.5 Å². The van der Waals surface area contributed by atoms with E-state index in [2.05, 4.69) is 4.98 Å². The first-order valence-electron chi connectivity index (χ1n) is 9.47. The lowest BCUT2D eigenvalue weighted by molar-refractivity contribution is 0.0600. The molecule has 0 aliphatic rings. The molecule has 0 spiro atoms. The molecule has 0 aliphatic heterocycles. The number of halogens is 2. The molecule has 4 aromatic rings. The zero-order valence-electron chi connectivity index (χ0n) is 16.9. The predicted octanol–water partition coefficient (Wildman–Crippen LogP) is 5.95. The van der Waals surface area contributed by atoms with E-state index in [4.69, 9.17) is 16.3 Å². The summed E-state index contributed by atoms with van der Waals surface area (Å²) in [6, 6.07) is 14.5. The number of aryl methyl sites for hydroxylation is 2. The largest absolute Gasteiger partial charge is 0.465 e. The third kappa shape index (κ3) is 3.57. The Morgan fingerprint density at radius 1 is 1.13 bits per heavy atom. The molecule has 2 heterocycles. The van der Waals surface area contributed by atoms with Crippen molar-refractivity contribution in [2.75, 3.05) is 7.11 Å². The summed E-state index contributed by atoms with van der Waals surface area (Å²) in [4.78, 5) is 17.2. The highest BCUT2D eigenvalue weighted by Gasteiger charge is 2.22. The van der Waals surface area contributed by atoms with Crippen molar-refractivity contribution >= 4 is 28.6 Å². The molecule has 0 saturated heterocycles. The molecule has 4 rings (SSSR count). The van der Waals surface area contributed by atoms with Crippen molar-refractivity contribution in [3.05, 3.63) is 88.0 Å². The highest BCUT2D eigenvalue weighted by molar-refractivity contribution is 6.30. The van der Waals surface area contributed by atoms with Gasteiger partial charge in [-0.25, -0.2) is 14.2 Å². The van der Waals surface area contributed by atoms with Gasteiger partial charge in [0.2, 0.25) is 0 Å². The Bertz CT molecular complexity index is 1260. The van der Waals surface area contributed by atoms with Gasteiger partial charge < -0.3 is 9.30 Å². The van der Waals surface area contributed by atoms with Crippen LogP contribution in [0.3, 0.4) is 0 Å². The van der Waals surface area contributed by atoms with Crippen LogP contribution < -0.4 is 0 Å². The second-order valence-electron chi connectivity index (χ2n) is 7.22. The Balaban J connectivity index is 1.93. The van der Waals surface area contributed by atoms with Crippen molar-refractivity contribution < 1.29 is 13.9 Å². The van der Waals surface area contributed by atoms with Crippen LogP contribution in [0, 0.1) is 19.7 Å². The molecule has 0 radical (unpaired) electrons. The topological polar surface area (TPSA) is 44.1 Å². The van der Waals surface area contributed by atoms with E-state index in [1.54, 1.807) is 19.1 Å². The summed E-state index contributed by atoms with van der Waals surface area (Å²) in [5, 5.41) is 1.16. The Labute approximate surface area is 178 Å². The Hall–Kier alpha value is -3.18. The van der Waals surface area contributed by atoms with Gasteiger partial charge in [0.1, 0.15) is 11.5 Å². The fourth-order valence-electron chi connectivity index (χ4n) is 3.65. The van der Waals surface area contributed by atoms with E-state index in [0.717, 1.165) is 22.1 Å². The fourth-order valence-corrected chi connectivity index (χ4v) is 3.81. The van der Waals surface area contributed by atoms with Gasteiger partial charge in [0.05, 0.1) is 24.9 Å². The highest BCUT2D eigenvalue weighted by Crippen LogP contribution is 2.34. The minimum Gasteiger partial charge on any atom is -0.465 e. The molecule has 0 aliphatic carbocycles. The summed E-state index contributed by atoms with van der Waals surface area (Å²) in [5.41, 5.74) is 4.95. The molecule has 4 nitrogen and oxygen atoms in total. The van der Waals surface area contributed by atoms with Crippen LogP contribution in [-0.2, 0) is 11.3 Å². The summed E-state index contributed by atoms with van der Waals surface area (Å²) in [6.45, 7) is 4.09. The van der Waals surface area contributed by atoms with Gasteiger partial charge in [-0.15, -0.1) is 0 Å². The molecule has 0 fully saturated rings. The predicted molar refractivity (Wildman–Crippen MR) is 116 cm³/mol. The van der Waals surface area contributed by atoms with E-state index in [1.807, 2.05) is 48.0 Å². The number of aromatic nitrogens is 2. The standard InChI is InChI=1S/C24H20ClFN2O2/c1-14-4-6-16(7-5-14)22-19-10-11-28(13-17-8-9-18(25)12-20(17)26)23(19)27-15(2)21(22)24(29)30-3/h4-12H,13H2,1-3H3. The zero-order chi connectivity index (χ0) is 21.4. The summed E-state index contributed by atoms with van der Waals surface area (Å²) >= 11 is 5.87. The summed E-state index contributed by atoms with van der Waals surface area (Å²) in [6.07, 6.45) is 1.85. The maximum absolute atomic E-state index is 14.3. The fraction of sp³-hybridized carbons (Fsp3) is 0.167. The molecule has 0 saturated carbocycles. The number of esters is 1. The smallest absolute Gasteiger partial charge is 0.340 e. The molecule has 6 heteroatoms. The van der Waals surface area contributed by atoms with Crippen LogP contribution in [-0.4, -0.2) is 22.6 Å². The van der Waals surface area contributed by atoms with Crippen LogP contribution in [0.15, 0.2) is 54.7 Å². The number of carbonyl (C=O) groups is 1. The van der Waals surface area contributed by atoms with Crippen LogP contribution in [0.4, 0.5) is 4.39 Å². The number of carbonyl (C=O) groups excluding carboxylic acids is 1. The van der Waals surface area contributed by atoms with Crippen LogP contribution in [0.5, 0.6) is 0 Å². The number of ether oxygens (including phenoxy) is 1. The van der Waals surface area contributed by atoms with Gasteiger partial charge in [0.25, 0.3) is 0 Å². The summed E-state index contributed by atoms with van der Waals surface area (Å²) in [5.74, 6) is -0.806. The quantitative estimate of drug-likeness (QED) is 0.382. The first kappa shape index (κ1) is 20.1. The SMILES string of the molecule is COC(=O)c1c(C)nc2c(ccn2Cc2ccc(Cl)cc2F)c1-c1ccc(C)cc1. The van der Waals surface area contributed by atoms with E-state index in [9.17, 15) is 9.18 Å². The highest BCUT2D eigenvalue weighted by atomic mass is 35.5. The van der Waals surface area contributed by atoms with Gasteiger partial charge in [0, 0.05) is 27.7 Å². The molecular weight excluding hydrogens is 403 g/mol. The molecule has 0 atom stereocenters. The molecule has 2 aromatic heterocycles. The van der Waals surface area contributed by atoms with Crippen molar-refractivity contribution in [3.63, 3.8) is 0 Å². The normalized spacial score (nSPS) is 11.1. The Kier molecular flexibility index (Phi) is 5.31. The lowest BCUT2D eigenvalue weighted by Crippen LogP contribution is -2.10. The number of hydrogen-bond donors (Lipinski definition) is 0. The number of hydrogen-bond acceptors (Lipinski definition) is 3. The van der Waals surface area contributed by atoms with Gasteiger partial charge in [-0.3, -0.25) is 0 Å². The van der Waals surface area contributed by atoms with E-state index in [-0.39, 0.29) is 5.82 Å². The summed E-state index contributed by atoms with van der Waals surface area (Å²) < 4.78 is 21.2. The Morgan fingerprint density at radius 2 is 1.87 bits per heavy atom. The van der Waals surface area contributed by atoms with Gasteiger partial charge in [-0.2, -0.15) is 0 Å². The van der Waals surface area contributed by atoms with Crippen molar-refractivity contribution in [3.8, 4) is 11.1 Å². The van der Waals surface area contributed by atoms with Crippen LogP contribution in [0.25, 0.3) is 22.2 Å². The maximum atomic E-state index is 14.3. The van der Waals surface area contributed by atoms with Crippen LogP contribution in [0.2, 0.25) is 5.02 Å². The minimum atomic E-state index is -0.436. The number of pyridine rings is 1. The molecular formula is C24H20ClFN2O2. The number of nitrogens with zero attached hydrogens (tertiary/aromatic N) is 2. The first-order valence-corrected chi connectivity index (χ1v) is 9.85. The lowest BCUT2D eigenvalue weighted by Gasteiger charge is -2.14. The van der Waals surface area contributed by atoms with Crippen LogP contribution >= 0.6 is 11.6 Å². The maximum Gasteiger partial charge on any atom is 0.340 e. The number of benzene rings is 2. The molecule has 0 bridgehead atoms. The molecule has 0 N–H and O–H groups in total. The lowest BCUT2D eigenvalue weighted by atomic mass is 9.95. The summed E-state index contributed by atoms with van der Waals surface area (Å²) in [7, 11) is 1.36. The van der Waals surface area contributed by atoms with Crippen molar-refractivity contribution in [1.82, 2.24) is 9.55 Å². The molecule has 0 unspecified atom stereocenters. The monoisotopic (exact) mass is 422 g/mol. The van der Waals surface area contributed by atoms with Crippen molar-refractivity contribution in [1.29, 1.82) is 0 Å². The second kappa shape index (κ2) is 7.92. The van der Waals surface area contributed by atoms with Gasteiger partial charge in [0.15, 0.2) is 0 Å². The van der Waals surface area contributed by atoms with E-state index >= 15 is 0 Å². The van der Waals surface area contributed by atoms with Crippen molar-refractivity contribution in [2.24, 2.45) is 0 Å². The van der Waals surface area contributed by atoms with Gasteiger partial charge in [-0.05, 0) is 37.6 Å². The number of rotatable bonds is 4. The molecule has 30 heavy (non-hydrogen) atoms. The average Bonchev–Trinajstić information content (AvgIpc) is 3.11. The van der Waals surface area contributed by atoms with Gasteiger partial charge >= 0.3 is 5.97 Å². The third-order valence-corrected chi connectivity index (χ3v) is 5.41. The third-order valence-electron chi connectivity index (χ3n) is 5.17. The van der Waals surface area contributed by atoms with Crippen molar-refractivity contribution in [2.45, 2.75) is 20.4 Å². The average molecular weight is 423 g/mol. The molecule has 2 aromatic carbocycles. The second-order valence-corrected chi connectivity index (χ2v) is 7.66. The first-order chi connectivity index (χ1) is 14.4. The zero-order valence-corrected chi connectivity index (χ0v) is 17.6. The Morgan fingerprint density at radius 3 is 2.53 bits per heavy atom. The van der Waals surface area contributed by atoms with E-state index < -0.39 is 5.97 Å². The van der Waals surface area contributed by atoms with E-state index in [1.165, 1.54) is 13.2 Å². The van der Waals surface area contributed by atoms with E-state index in [0.29, 0.717) is 34.0 Å².